The predicted molar refractivity (Wildman–Crippen MR) is 66.4 cm³/mol. The number of carbonyl (C=O) groups is 1. The van der Waals surface area contributed by atoms with E-state index in [9.17, 15) is 4.79 Å². The van der Waals surface area contributed by atoms with Crippen LogP contribution in [0.4, 0.5) is 0 Å². The summed E-state index contributed by atoms with van der Waals surface area (Å²) in [4.78, 5) is 11.8. The molecule has 0 saturated carbocycles. The second-order valence-corrected chi connectivity index (χ2v) is 4.73. The zero-order valence-corrected chi connectivity index (χ0v) is 10.2. The average Bonchev–Trinajstić information content (AvgIpc) is 2.37. The maximum atomic E-state index is 11.8. The third-order valence-corrected chi connectivity index (χ3v) is 3.17. The van der Waals surface area contributed by atoms with Crippen LogP contribution in [-0.4, -0.2) is 18.6 Å². The number of carbonyl (C=O) groups excluding carboxylic acids is 1. The summed E-state index contributed by atoms with van der Waals surface area (Å²) in [5, 5.41) is 3.21. The van der Waals surface area contributed by atoms with Crippen LogP contribution in [0.5, 0.6) is 0 Å². The van der Waals surface area contributed by atoms with Crippen LogP contribution < -0.4 is 5.32 Å². The first kappa shape index (κ1) is 12.1. The van der Waals surface area contributed by atoms with Gasteiger partial charge in [-0.25, -0.2) is 0 Å². The lowest BCUT2D eigenvalue weighted by Crippen LogP contribution is -2.43. The Balaban J connectivity index is 1.81. The molecule has 0 spiro atoms. The van der Waals surface area contributed by atoms with Gasteiger partial charge in [-0.1, -0.05) is 37.3 Å². The number of hydrogen-bond acceptors (Lipinski definition) is 3. The van der Waals surface area contributed by atoms with Gasteiger partial charge < -0.3 is 10.1 Å². The molecule has 1 aliphatic heterocycles. The van der Waals surface area contributed by atoms with E-state index in [2.05, 4.69) is 12.2 Å². The summed E-state index contributed by atoms with van der Waals surface area (Å²) in [6, 6.07) is 9.65. The van der Waals surface area contributed by atoms with E-state index in [-0.39, 0.29) is 12.0 Å². The van der Waals surface area contributed by atoms with Crippen molar-refractivity contribution in [3.8, 4) is 0 Å². The van der Waals surface area contributed by atoms with E-state index >= 15 is 0 Å². The van der Waals surface area contributed by atoms with Crippen molar-refractivity contribution < 1.29 is 9.53 Å². The Hall–Kier alpha value is -1.35. The summed E-state index contributed by atoms with van der Waals surface area (Å²) < 4.78 is 5.31. The quantitative estimate of drug-likeness (QED) is 0.813. The second-order valence-electron chi connectivity index (χ2n) is 4.73. The molecular formula is C14H19NO2. The standard InChI is InChI=1S/C14H19NO2/c1-11-7-8-15-13(9-11)14(16)17-10-12-5-3-2-4-6-12/h2-6,11,13,15H,7-10H2,1H3/t11-,13+/m0/s1. The molecule has 1 aromatic rings. The molecule has 1 aromatic carbocycles. The lowest BCUT2D eigenvalue weighted by molar-refractivity contribution is -0.148. The molecule has 1 aliphatic rings. The number of nitrogens with one attached hydrogen (secondary N) is 1. The van der Waals surface area contributed by atoms with Crippen LogP contribution in [0.2, 0.25) is 0 Å². The molecule has 1 N–H and O–H groups in total. The van der Waals surface area contributed by atoms with E-state index in [1.807, 2.05) is 30.3 Å². The Morgan fingerprint density at radius 3 is 2.88 bits per heavy atom. The van der Waals surface area contributed by atoms with Crippen LogP contribution in [0.3, 0.4) is 0 Å². The molecule has 3 heteroatoms. The molecule has 92 valence electrons. The van der Waals surface area contributed by atoms with Crippen LogP contribution in [0.1, 0.15) is 25.3 Å². The second kappa shape index (κ2) is 5.82. The molecule has 0 amide bonds. The van der Waals surface area contributed by atoms with E-state index in [1.165, 1.54) is 0 Å². The minimum atomic E-state index is -0.125. The summed E-state index contributed by atoms with van der Waals surface area (Å²) in [7, 11) is 0. The van der Waals surface area contributed by atoms with Crippen molar-refractivity contribution in [3.05, 3.63) is 35.9 Å². The molecule has 2 atom stereocenters. The Morgan fingerprint density at radius 2 is 2.18 bits per heavy atom. The monoisotopic (exact) mass is 233 g/mol. The van der Waals surface area contributed by atoms with Gasteiger partial charge in [-0.2, -0.15) is 0 Å². The van der Waals surface area contributed by atoms with Crippen molar-refractivity contribution in [2.75, 3.05) is 6.54 Å². The van der Waals surface area contributed by atoms with Crippen LogP contribution >= 0.6 is 0 Å². The number of benzene rings is 1. The Bertz CT molecular complexity index is 364. The number of ether oxygens (including phenoxy) is 1. The van der Waals surface area contributed by atoms with Gasteiger partial charge in [0.1, 0.15) is 12.6 Å². The van der Waals surface area contributed by atoms with Crippen molar-refractivity contribution in [2.45, 2.75) is 32.4 Å². The molecule has 3 nitrogen and oxygen atoms in total. The van der Waals surface area contributed by atoms with E-state index in [0.29, 0.717) is 12.5 Å². The molecular weight excluding hydrogens is 214 g/mol. The van der Waals surface area contributed by atoms with Gasteiger partial charge in [0.25, 0.3) is 0 Å². The zero-order chi connectivity index (χ0) is 12.1. The number of piperidine rings is 1. The smallest absolute Gasteiger partial charge is 0.323 e. The number of esters is 1. The fourth-order valence-corrected chi connectivity index (χ4v) is 2.12. The summed E-state index contributed by atoms with van der Waals surface area (Å²) >= 11 is 0. The highest BCUT2D eigenvalue weighted by Gasteiger charge is 2.25. The molecule has 1 saturated heterocycles. The first-order valence-corrected chi connectivity index (χ1v) is 6.19. The van der Waals surface area contributed by atoms with Crippen LogP contribution in [0, 0.1) is 5.92 Å². The maximum absolute atomic E-state index is 11.8. The van der Waals surface area contributed by atoms with Gasteiger partial charge in [-0.05, 0) is 30.9 Å². The van der Waals surface area contributed by atoms with Crippen molar-refractivity contribution in [2.24, 2.45) is 5.92 Å². The minimum Gasteiger partial charge on any atom is -0.460 e. The highest BCUT2D eigenvalue weighted by molar-refractivity contribution is 5.75. The maximum Gasteiger partial charge on any atom is 0.323 e. The molecule has 17 heavy (non-hydrogen) atoms. The Morgan fingerprint density at radius 1 is 1.41 bits per heavy atom. The van der Waals surface area contributed by atoms with Crippen LogP contribution in [-0.2, 0) is 16.1 Å². The fourth-order valence-electron chi connectivity index (χ4n) is 2.12. The molecule has 0 radical (unpaired) electrons. The summed E-state index contributed by atoms with van der Waals surface area (Å²) in [6.45, 7) is 3.46. The largest absolute Gasteiger partial charge is 0.460 e. The topological polar surface area (TPSA) is 38.3 Å². The molecule has 0 aromatic heterocycles. The summed E-state index contributed by atoms with van der Waals surface area (Å²) in [5.74, 6) is 0.478. The van der Waals surface area contributed by atoms with Crippen molar-refractivity contribution in [1.29, 1.82) is 0 Å². The van der Waals surface area contributed by atoms with Gasteiger partial charge in [-0.15, -0.1) is 0 Å². The highest BCUT2D eigenvalue weighted by Crippen LogP contribution is 2.16. The van der Waals surface area contributed by atoms with Gasteiger partial charge in [-0.3, -0.25) is 4.79 Å². The predicted octanol–water partition coefficient (Wildman–Crippen LogP) is 2.12. The van der Waals surface area contributed by atoms with Crippen LogP contribution in [0.25, 0.3) is 0 Å². The van der Waals surface area contributed by atoms with Gasteiger partial charge >= 0.3 is 5.97 Å². The van der Waals surface area contributed by atoms with Gasteiger partial charge in [0.05, 0.1) is 0 Å². The molecule has 1 heterocycles. The van der Waals surface area contributed by atoms with Gasteiger partial charge in [0.2, 0.25) is 0 Å². The van der Waals surface area contributed by atoms with E-state index < -0.39 is 0 Å². The minimum absolute atomic E-state index is 0.123. The SMILES string of the molecule is C[C@H]1CCN[C@@H](C(=O)OCc2ccccc2)C1. The highest BCUT2D eigenvalue weighted by atomic mass is 16.5. The van der Waals surface area contributed by atoms with Crippen LogP contribution in [0.15, 0.2) is 30.3 Å². The third-order valence-electron chi connectivity index (χ3n) is 3.17. The molecule has 2 rings (SSSR count). The average molecular weight is 233 g/mol. The van der Waals surface area contributed by atoms with E-state index in [4.69, 9.17) is 4.74 Å². The summed E-state index contributed by atoms with van der Waals surface area (Å²) in [5.41, 5.74) is 1.03. The Kier molecular flexibility index (Phi) is 4.15. The zero-order valence-electron chi connectivity index (χ0n) is 10.2. The Labute approximate surface area is 102 Å². The molecule has 0 aliphatic carbocycles. The van der Waals surface area contributed by atoms with E-state index in [1.54, 1.807) is 0 Å². The lowest BCUT2D eigenvalue weighted by Gasteiger charge is -2.26. The lowest BCUT2D eigenvalue weighted by atomic mass is 9.94. The summed E-state index contributed by atoms with van der Waals surface area (Å²) in [6.07, 6.45) is 2.02. The third kappa shape index (κ3) is 3.56. The molecule has 0 bridgehead atoms. The van der Waals surface area contributed by atoms with Crippen molar-refractivity contribution in [1.82, 2.24) is 5.32 Å². The normalized spacial score (nSPS) is 24.3. The van der Waals surface area contributed by atoms with Crippen molar-refractivity contribution in [3.63, 3.8) is 0 Å². The molecule has 1 fully saturated rings. The molecule has 0 unspecified atom stereocenters. The number of rotatable bonds is 3. The van der Waals surface area contributed by atoms with E-state index in [0.717, 1.165) is 24.9 Å². The first-order chi connectivity index (χ1) is 8.25. The van der Waals surface area contributed by atoms with Gasteiger partial charge in [0.15, 0.2) is 0 Å². The van der Waals surface area contributed by atoms with Gasteiger partial charge in [0, 0.05) is 0 Å². The fraction of sp³-hybridized carbons (Fsp3) is 0.500. The first-order valence-electron chi connectivity index (χ1n) is 6.19. The number of hydrogen-bond donors (Lipinski definition) is 1. The van der Waals surface area contributed by atoms with Crippen molar-refractivity contribution >= 4 is 5.97 Å².